The quantitative estimate of drug-likeness (QED) is 0.842. The maximum Gasteiger partial charge on any atom is 0.244 e. The molecule has 2 aromatic carbocycles. The highest BCUT2D eigenvalue weighted by molar-refractivity contribution is 9.10. The van der Waals surface area contributed by atoms with Gasteiger partial charge in [0.15, 0.2) is 0 Å². The average Bonchev–Trinajstić information content (AvgIpc) is 2.46. The number of nitrogens with two attached hydrogens (primary N) is 1. The van der Waals surface area contributed by atoms with Crippen molar-refractivity contribution in [1.29, 1.82) is 0 Å². The molecule has 0 radical (unpaired) electrons. The smallest absolute Gasteiger partial charge is 0.244 e. The second-order valence-corrected chi connectivity index (χ2v) is 5.49. The predicted molar refractivity (Wildman–Crippen MR) is 86.9 cm³/mol. The normalized spacial score (nSPS) is 11.9. The van der Waals surface area contributed by atoms with E-state index in [2.05, 4.69) is 21.2 Å². The summed E-state index contributed by atoms with van der Waals surface area (Å²) in [5.74, 6) is -0.430. The number of methoxy groups -OCH3 is 1. The van der Waals surface area contributed by atoms with Crippen molar-refractivity contribution in [2.75, 3.05) is 12.4 Å². The minimum atomic E-state index is -0.597. The van der Waals surface area contributed by atoms with Gasteiger partial charge in [-0.15, -0.1) is 0 Å². The number of para-hydroxylation sites is 1. The zero-order chi connectivity index (χ0) is 15.2. The summed E-state index contributed by atoms with van der Waals surface area (Å²) >= 11 is 3.45. The van der Waals surface area contributed by atoms with E-state index in [1.807, 2.05) is 48.5 Å². The molecule has 0 aliphatic carbocycles. The molecule has 0 fully saturated rings. The highest BCUT2D eigenvalue weighted by Gasteiger charge is 2.18. The molecule has 3 N–H and O–H groups in total. The minimum absolute atomic E-state index is 0.430. The number of benzene rings is 2. The van der Waals surface area contributed by atoms with Crippen LogP contribution in [0.25, 0.3) is 0 Å². The van der Waals surface area contributed by atoms with Gasteiger partial charge in [0.1, 0.15) is 6.04 Å². The van der Waals surface area contributed by atoms with E-state index in [1.54, 1.807) is 7.11 Å². The van der Waals surface area contributed by atoms with Crippen molar-refractivity contribution in [2.24, 2.45) is 5.73 Å². The number of carbonyl (C=O) groups is 1. The molecule has 0 aliphatic rings. The molecule has 2 aromatic rings. The van der Waals surface area contributed by atoms with Gasteiger partial charge < -0.3 is 15.8 Å². The van der Waals surface area contributed by atoms with Crippen LogP contribution >= 0.6 is 15.9 Å². The van der Waals surface area contributed by atoms with Gasteiger partial charge in [0.2, 0.25) is 5.91 Å². The van der Waals surface area contributed by atoms with Gasteiger partial charge in [0.05, 0.1) is 6.61 Å². The molecule has 0 heterocycles. The summed E-state index contributed by atoms with van der Waals surface area (Å²) in [5, 5.41) is 3.17. The van der Waals surface area contributed by atoms with Crippen LogP contribution in [0.2, 0.25) is 0 Å². The number of carbonyl (C=O) groups excluding carboxylic acids is 1. The summed E-state index contributed by atoms with van der Waals surface area (Å²) in [5.41, 5.74) is 8.17. The van der Waals surface area contributed by atoms with Crippen LogP contribution in [-0.4, -0.2) is 13.0 Å². The number of primary amides is 1. The van der Waals surface area contributed by atoms with E-state index >= 15 is 0 Å². The van der Waals surface area contributed by atoms with Crippen molar-refractivity contribution >= 4 is 27.5 Å². The largest absolute Gasteiger partial charge is 0.380 e. The molecule has 0 aliphatic heterocycles. The molecule has 0 aromatic heterocycles. The van der Waals surface area contributed by atoms with Crippen LogP contribution in [0.5, 0.6) is 0 Å². The Morgan fingerprint density at radius 2 is 2.05 bits per heavy atom. The van der Waals surface area contributed by atoms with E-state index in [0.29, 0.717) is 6.61 Å². The van der Waals surface area contributed by atoms with E-state index in [0.717, 1.165) is 21.3 Å². The van der Waals surface area contributed by atoms with Gasteiger partial charge in [0.25, 0.3) is 0 Å². The second kappa shape index (κ2) is 7.24. The number of nitrogens with one attached hydrogen (secondary N) is 1. The summed E-state index contributed by atoms with van der Waals surface area (Å²) in [4.78, 5) is 11.8. The molecule has 0 spiro atoms. The van der Waals surface area contributed by atoms with Crippen molar-refractivity contribution in [2.45, 2.75) is 12.6 Å². The Morgan fingerprint density at radius 1 is 1.29 bits per heavy atom. The molecule has 0 saturated carbocycles. The lowest BCUT2D eigenvalue weighted by atomic mass is 10.0. The lowest BCUT2D eigenvalue weighted by Crippen LogP contribution is -2.28. The topological polar surface area (TPSA) is 64.3 Å². The van der Waals surface area contributed by atoms with Gasteiger partial charge in [-0.3, -0.25) is 4.79 Å². The Bertz CT molecular complexity index is 631. The van der Waals surface area contributed by atoms with Gasteiger partial charge in [-0.2, -0.15) is 0 Å². The molecule has 0 saturated heterocycles. The Hall–Kier alpha value is -1.85. The Kier molecular flexibility index (Phi) is 5.36. The Balaban J connectivity index is 2.29. The number of amides is 1. The fourth-order valence-corrected chi connectivity index (χ4v) is 2.48. The fourth-order valence-electron chi connectivity index (χ4n) is 2.08. The number of anilines is 1. The molecular weight excluding hydrogens is 332 g/mol. The van der Waals surface area contributed by atoms with Crippen molar-refractivity contribution < 1.29 is 9.53 Å². The Morgan fingerprint density at radius 3 is 2.71 bits per heavy atom. The maximum absolute atomic E-state index is 11.8. The second-order valence-electron chi connectivity index (χ2n) is 4.64. The SMILES string of the molecule is COCc1cccc(C(Nc2ccccc2Br)C(N)=O)c1. The molecule has 1 unspecified atom stereocenters. The maximum atomic E-state index is 11.8. The number of rotatable bonds is 6. The van der Waals surface area contributed by atoms with Gasteiger partial charge in [0, 0.05) is 17.3 Å². The highest BCUT2D eigenvalue weighted by Crippen LogP contribution is 2.26. The van der Waals surface area contributed by atoms with Crippen LogP contribution < -0.4 is 11.1 Å². The van der Waals surface area contributed by atoms with Crippen LogP contribution in [0.15, 0.2) is 53.0 Å². The van der Waals surface area contributed by atoms with Gasteiger partial charge in [-0.25, -0.2) is 0 Å². The molecule has 5 heteroatoms. The molecular formula is C16H17BrN2O2. The highest BCUT2D eigenvalue weighted by atomic mass is 79.9. The standard InChI is InChI=1S/C16H17BrN2O2/c1-21-10-11-5-4-6-12(9-11)15(16(18)20)19-14-8-3-2-7-13(14)17/h2-9,15,19H,10H2,1H3,(H2,18,20). The number of hydrogen-bond acceptors (Lipinski definition) is 3. The van der Waals surface area contributed by atoms with E-state index < -0.39 is 11.9 Å². The first-order valence-electron chi connectivity index (χ1n) is 6.50. The molecule has 4 nitrogen and oxygen atoms in total. The van der Waals surface area contributed by atoms with Crippen molar-refractivity contribution in [3.8, 4) is 0 Å². The first-order valence-corrected chi connectivity index (χ1v) is 7.29. The zero-order valence-corrected chi connectivity index (χ0v) is 13.3. The molecule has 110 valence electrons. The molecule has 0 bridgehead atoms. The van der Waals surface area contributed by atoms with Crippen LogP contribution in [0, 0.1) is 0 Å². The summed E-state index contributed by atoms with van der Waals surface area (Å²) in [7, 11) is 1.64. The zero-order valence-electron chi connectivity index (χ0n) is 11.7. The van der Waals surface area contributed by atoms with Crippen molar-refractivity contribution in [3.05, 3.63) is 64.1 Å². The van der Waals surface area contributed by atoms with Crippen LogP contribution in [-0.2, 0) is 16.1 Å². The monoisotopic (exact) mass is 348 g/mol. The number of ether oxygens (including phenoxy) is 1. The lowest BCUT2D eigenvalue weighted by molar-refractivity contribution is -0.118. The van der Waals surface area contributed by atoms with Gasteiger partial charge in [-0.05, 0) is 39.2 Å². The predicted octanol–water partition coefficient (Wildman–Crippen LogP) is 3.23. The summed E-state index contributed by atoms with van der Waals surface area (Å²) in [6.07, 6.45) is 0. The first-order chi connectivity index (χ1) is 10.1. The summed E-state index contributed by atoms with van der Waals surface area (Å²) in [6.45, 7) is 0.494. The fraction of sp³-hybridized carbons (Fsp3) is 0.188. The van der Waals surface area contributed by atoms with Gasteiger partial charge in [-0.1, -0.05) is 36.4 Å². The third-order valence-electron chi connectivity index (χ3n) is 3.05. The molecule has 1 amide bonds. The van der Waals surface area contributed by atoms with Crippen LogP contribution in [0.1, 0.15) is 17.2 Å². The van der Waals surface area contributed by atoms with E-state index in [9.17, 15) is 4.79 Å². The van der Waals surface area contributed by atoms with Crippen LogP contribution in [0.4, 0.5) is 5.69 Å². The van der Waals surface area contributed by atoms with E-state index in [1.165, 1.54) is 0 Å². The molecule has 2 rings (SSSR count). The third-order valence-corrected chi connectivity index (χ3v) is 3.75. The molecule has 21 heavy (non-hydrogen) atoms. The minimum Gasteiger partial charge on any atom is -0.380 e. The lowest BCUT2D eigenvalue weighted by Gasteiger charge is -2.19. The summed E-state index contributed by atoms with van der Waals surface area (Å²) in [6, 6.07) is 14.6. The van der Waals surface area contributed by atoms with Crippen molar-refractivity contribution in [1.82, 2.24) is 0 Å². The first kappa shape index (κ1) is 15.5. The van der Waals surface area contributed by atoms with Gasteiger partial charge >= 0.3 is 0 Å². The Labute approximate surface area is 132 Å². The molecule has 1 atom stereocenters. The number of halogens is 1. The number of hydrogen-bond donors (Lipinski definition) is 2. The summed E-state index contributed by atoms with van der Waals surface area (Å²) < 4.78 is 6.00. The van der Waals surface area contributed by atoms with Crippen molar-refractivity contribution in [3.63, 3.8) is 0 Å². The van der Waals surface area contributed by atoms with Crippen LogP contribution in [0.3, 0.4) is 0 Å². The average molecular weight is 349 g/mol. The van der Waals surface area contributed by atoms with E-state index in [-0.39, 0.29) is 0 Å². The van der Waals surface area contributed by atoms with E-state index in [4.69, 9.17) is 10.5 Å². The third kappa shape index (κ3) is 4.06.